The van der Waals surface area contributed by atoms with Crippen LogP contribution in [0.15, 0.2) is 48.5 Å². The number of benzene rings is 2. The highest BCUT2D eigenvalue weighted by Gasteiger charge is 2.17. The molecule has 0 atom stereocenters. The third kappa shape index (κ3) is 4.91. The van der Waals surface area contributed by atoms with Gasteiger partial charge in [0.15, 0.2) is 11.5 Å². The Morgan fingerprint density at radius 3 is 2.19 bits per heavy atom. The summed E-state index contributed by atoms with van der Waals surface area (Å²) in [6.45, 7) is 6.40. The van der Waals surface area contributed by atoms with E-state index in [1.54, 1.807) is 14.2 Å². The van der Waals surface area contributed by atoms with Crippen LogP contribution in [0.3, 0.4) is 0 Å². The summed E-state index contributed by atoms with van der Waals surface area (Å²) in [5.41, 5.74) is 2.08. The fourth-order valence-electron chi connectivity index (χ4n) is 2.86. The van der Waals surface area contributed by atoms with E-state index in [-0.39, 0.29) is 5.91 Å². The van der Waals surface area contributed by atoms with Crippen molar-refractivity contribution in [2.24, 2.45) is 0 Å². The van der Waals surface area contributed by atoms with E-state index in [2.05, 4.69) is 11.8 Å². The Hall–Kier alpha value is -2.69. The molecule has 0 unspecified atom stereocenters. The van der Waals surface area contributed by atoms with Crippen molar-refractivity contribution in [2.75, 3.05) is 38.8 Å². The van der Waals surface area contributed by atoms with Crippen LogP contribution < -0.4 is 14.4 Å². The number of nitrogens with zero attached hydrogens (tertiary/aromatic N) is 2. The molecule has 0 saturated heterocycles. The molecular formula is C21H28N2O3. The number of likely N-dealkylation sites (N-methyl/N-ethyl adjacent to an activating group) is 2. The van der Waals surface area contributed by atoms with Gasteiger partial charge in [0.25, 0.3) is 0 Å². The Labute approximate surface area is 156 Å². The molecule has 2 rings (SSSR count). The van der Waals surface area contributed by atoms with Gasteiger partial charge in [-0.15, -0.1) is 0 Å². The van der Waals surface area contributed by atoms with Crippen molar-refractivity contribution < 1.29 is 14.3 Å². The topological polar surface area (TPSA) is 42.0 Å². The molecule has 0 saturated carbocycles. The Morgan fingerprint density at radius 2 is 1.62 bits per heavy atom. The lowest BCUT2D eigenvalue weighted by Crippen LogP contribution is -2.40. The maximum Gasteiger partial charge on any atom is 0.242 e. The lowest BCUT2D eigenvalue weighted by molar-refractivity contribution is -0.130. The van der Waals surface area contributed by atoms with Crippen LogP contribution in [0.2, 0.25) is 0 Å². The van der Waals surface area contributed by atoms with Gasteiger partial charge in [-0.25, -0.2) is 0 Å². The minimum Gasteiger partial charge on any atom is -0.493 e. The third-order valence-electron chi connectivity index (χ3n) is 4.38. The second kappa shape index (κ2) is 9.70. The molecule has 2 aromatic carbocycles. The molecule has 0 aliphatic rings. The normalized spacial score (nSPS) is 10.3. The summed E-state index contributed by atoms with van der Waals surface area (Å²) in [5, 5.41) is 0. The summed E-state index contributed by atoms with van der Waals surface area (Å²) >= 11 is 0. The van der Waals surface area contributed by atoms with Gasteiger partial charge in [-0.3, -0.25) is 4.79 Å². The molecule has 0 N–H and O–H groups in total. The summed E-state index contributed by atoms with van der Waals surface area (Å²) in [4.78, 5) is 16.8. The minimum absolute atomic E-state index is 0.105. The number of methoxy groups -OCH3 is 2. The lowest BCUT2D eigenvalue weighted by atomic mass is 10.2. The highest BCUT2D eigenvalue weighted by atomic mass is 16.5. The van der Waals surface area contributed by atoms with Crippen LogP contribution in [-0.2, 0) is 11.3 Å². The van der Waals surface area contributed by atoms with Gasteiger partial charge < -0.3 is 19.3 Å². The summed E-state index contributed by atoms with van der Waals surface area (Å²) < 4.78 is 10.6. The van der Waals surface area contributed by atoms with Crippen LogP contribution in [0, 0.1) is 0 Å². The van der Waals surface area contributed by atoms with Crippen LogP contribution in [0.25, 0.3) is 0 Å². The molecule has 0 aliphatic carbocycles. The van der Waals surface area contributed by atoms with E-state index in [0.717, 1.165) is 17.8 Å². The molecule has 0 fully saturated rings. The largest absolute Gasteiger partial charge is 0.493 e. The molecule has 0 bridgehead atoms. The highest BCUT2D eigenvalue weighted by Crippen LogP contribution is 2.28. The Balaban J connectivity index is 2.08. The van der Waals surface area contributed by atoms with Crippen LogP contribution >= 0.6 is 0 Å². The Bertz CT molecular complexity index is 704. The van der Waals surface area contributed by atoms with E-state index < -0.39 is 0 Å². The van der Waals surface area contributed by atoms with Gasteiger partial charge in [0.2, 0.25) is 5.91 Å². The number of para-hydroxylation sites is 1. The SMILES string of the molecule is CCN(Cc1ccc(OC)c(OC)c1)C(=O)CN(CC)c1ccccc1. The van der Waals surface area contributed by atoms with Gasteiger partial charge >= 0.3 is 0 Å². The van der Waals surface area contributed by atoms with E-state index >= 15 is 0 Å². The van der Waals surface area contributed by atoms with Crippen molar-refractivity contribution in [3.63, 3.8) is 0 Å². The molecule has 140 valence electrons. The lowest BCUT2D eigenvalue weighted by Gasteiger charge is -2.27. The van der Waals surface area contributed by atoms with Crippen LogP contribution in [-0.4, -0.2) is 44.7 Å². The number of carbonyl (C=O) groups excluding carboxylic acids is 1. The second-order valence-electron chi connectivity index (χ2n) is 5.95. The number of anilines is 1. The van der Waals surface area contributed by atoms with E-state index in [4.69, 9.17) is 9.47 Å². The van der Waals surface area contributed by atoms with E-state index in [9.17, 15) is 4.79 Å². The fourth-order valence-corrected chi connectivity index (χ4v) is 2.86. The van der Waals surface area contributed by atoms with Crippen molar-refractivity contribution in [1.82, 2.24) is 4.90 Å². The van der Waals surface area contributed by atoms with Crippen LogP contribution in [0.5, 0.6) is 11.5 Å². The van der Waals surface area contributed by atoms with Crippen LogP contribution in [0.1, 0.15) is 19.4 Å². The predicted molar refractivity (Wildman–Crippen MR) is 105 cm³/mol. The number of carbonyl (C=O) groups is 1. The van der Waals surface area contributed by atoms with Crippen molar-refractivity contribution in [3.8, 4) is 11.5 Å². The Kier molecular flexibility index (Phi) is 7.33. The van der Waals surface area contributed by atoms with Gasteiger partial charge in [0.05, 0.1) is 20.8 Å². The first-order valence-electron chi connectivity index (χ1n) is 8.91. The van der Waals surface area contributed by atoms with E-state index in [1.807, 2.05) is 60.4 Å². The zero-order chi connectivity index (χ0) is 18.9. The average molecular weight is 356 g/mol. The quantitative estimate of drug-likeness (QED) is 0.689. The number of amides is 1. The highest BCUT2D eigenvalue weighted by molar-refractivity contribution is 5.81. The van der Waals surface area contributed by atoms with Crippen molar-refractivity contribution >= 4 is 11.6 Å². The third-order valence-corrected chi connectivity index (χ3v) is 4.38. The van der Waals surface area contributed by atoms with Crippen LogP contribution in [0.4, 0.5) is 5.69 Å². The molecule has 26 heavy (non-hydrogen) atoms. The fraction of sp³-hybridized carbons (Fsp3) is 0.381. The monoisotopic (exact) mass is 356 g/mol. The molecule has 0 heterocycles. The molecular weight excluding hydrogens is 328 g/mol. The number of hydrogen-bond acceptors (Lipinski definition) is 4. The van der Waals surface area contributed by atoms with Gasteiger partial charge in [-0.2, -0.15) is 0 Å². The van der Waals surface area contributed by atoms with Gasteiger partial charge in [0, 0.05) is 25.3 Å². The molecule has 5 nitrogen and oxygen atoms in total. The number of hydrogen-bond donors (Lipinski definition) is 0. The Morgan fingerprint density at radius 1 is 0.923 bits per heavy atom. The summed E-state index contributed by atoms with van der Waals surface area (Å²) in [6.07, 6.45) is 0. The first-order chi connectivity index (χ1) is 12.6. The zero-order valence-electron chi connectivity index (χ0n) is 16.1. The van der Waals surface area contributed by atoms with Gasteiger partial charge in [-0.1, -0.05) is 24.3 Å². The van der Waals surface area contributed by atoms with Crippen molar-refractivity contribution in [1.29, 1.82) is 0 Å². The number of rotatable bonds is 9. The average Bonchev–Trinajstić information content (AvgIpc) is 2.70. The summed E-state index contributed by atoms with van der Waals surface area (Å²) in [5.74, 6) is 1.47. The molecule has 5 heteroatoms. The maximum atomic E-state index is 12.8. The summed E-state index contributed by atoms with van der Waals surface area (Å²) in [6, 6.07) is 15.8. The van der Waals surface area contributed by atoms with Gasteiger partial charge in [0.1, 0.15) is 0 Å². The molecule has 1 amide bonds. The van der Waals surface area contributed by atoms with Gasteiger partial charge in [-0.05, 0) is 43.7 Å². The predicted octanol–water partition coefficient (Wildman–Crippen LogP) is 3.58. The molecule has 0 spiro atoms. The van der Waals surface area contributed by atoms with E-state index in [1.165, 1.54) is 0 Å². The smallest absolute Gasteiger partial charge is 0.242 e. The standard InChI is InChI=1S/C21H28N2O3/c1-5-22(18-10-8-7-9-11-18)16-21(24)23(6-2)15-17-12-13-19(25-3)20(14-17)26-4/h7-14H,5-6,15-16H2,1-4H3. The number of ether oxygens (including phenoxy) is 2. The minimum atomic E-state index is 0.105. The van der Waals surface area contributed by atoms with E-state index in [0.29, 0.717) is 31.1 Å². The molecule has 0 aliphatic heterocycles. The summed E-state index contributed by atoms with van der Waals surface area (Å²) in [7, 11) is 3.23. The molecule has 0 radical (unpaired) electrons. The maximum absolute atomic E-state index is 12.8. The first-order valence-corrected chi connectivity index (χ1v) is 8.91. The molecule has 0 aromatic heterocycles. The first kappa shape index (κ1) is 19.6. The molecule has 2 aromatic rings. The van der Waals surface area contributed by atoms with Crippen molar-refractivity contribution in [2.45, 2.75) is 20.4 Å². The zero-order valence-corrected chi connectivity index (χ0v) is 16.1. The second-order valence-corrected chi connectivity index (χ2v) is 5.95. The van der Waals surface area contributed by atoms with Crippen molar-refractivity contribution in [3.05, 3.63) is 54.1 Å².